The number of aliphatic hydroxyl groups is 2. The highest BCUT2D eigenvalue weighted by atomic mass is 32.1. The van der Waals surface area contributed by atoms with Crippen molar-refractivity contribution in [2.45, 2.75) is 37.5 Å². The van der Waals surface area contributed by atoms with Gasteiger partial charge in [-0.25, -0.2) is 4.98 Å². The molecule has 3 atom stereocenters. The van der Waals surface area contributed by atoms with Gasteiger partial charge in [-0.05, 0) is 31.4 Å². The van der Waals surface area contributed by atoms with Crippen LogP contribution in [0.1, 0.15) is 30.4 Å². The molecule has 1 aromatic carbocycles. The molecule has 6 heteroatoms. The molecule has 1 heterocycles. The van der Waals surface area contributed by atoms with E-state index in [9.17, 15) is 15.0 Å². The van der Waals surface area contributed by atoms with E-state index >= 15 is 0 Å². The van der Waals surface area contributed by atoms with Crippen molar-refractivity contribution in [3.05, 3.63) is 41.4 Å². The summed E-state index contributed by atoms with van der Waals surface area (Å²) in [6, 6.07) is 7.40. The summed E-state index contributed by atoms with van der Waals surface area (Å²) in [6.45, 7) is 0. The number of amides is 1. The Morgan fingerprint density at radius 2 is 2.18 bits per heavy atom. The molecule has 2 aromatic rings. The van der Waals surface area contributed by atoms with Gasteiger partial charge >= 0.3 is 0 Å². The first kappa shape index (κ1) is 15.1. The van der Waals surface area contributed by atoms with E-state index in [4.69, 9.17) is 0 Å². The van der Waals surface area contributed by atoms with E-state index in [1.165, 1.54) is 11.3 Å². The van der Waals surface area contributed by atoms with Gasteiger partial charge in [-0.15, -0.1) is 11.3 Å². The van der Waals surface area contributed by atoms with Crippen molar-refractivity contribution < 1.29 is 15.0 Å². The second kappa shape index (κ2) is 6.56. The third-order valence-corrected chi connectivity index (χ3v) is 4.82. The minimum atomic E-state index is -1.52. The number of rotatable bonds is 4. The van der Waals surface area contributed by atoms with Gasteiger partial charge in [-0.1, -0.05) is 24.3 Å². The minimum Gasteiger partial charge on any atom is -0.383 e. The van der Waals surface area contributed by atoms with Gasteiger partial charge < -0.3 is 15.5 Å². The summed E-state index contributed by atoms with van der Waals surface area (Å²) in [6.07, 6.45) is 4.00. The maximum absolute atomic E-state index is 12.1. The molecule has 0 spiro atoms. The van der Waals surface area contributed by atoms with Crippen LogP contribution in [-0.2, 0) is 4.79 Å². The number of aromatic nitrogens is 1. The van der Waals surface area contributed by atoms with E-state index in [1.807, 2.05) is 36.4 Å². The van der Waals surface area contributed by atoms with Crippen molar-refractivity contribution in [2.24, 2.45) is 0 Å². The Bertz CT molecular complexity index is 665. The third-order valence-electron chi connectivity index (χ3n) is 3.71. The molecule has 3 rings (SSSR count). The molecule has 5 nitrogen and oxygen atoms in total. The van der Waals surface area contributed by atoms with E-state index < -0.39 is 18.1 Å². The molecule has 0 saturated carbocycles. The van der Waals surface area contributed by atoms with Crippen LogP contribution in [0.3, 0.4) is 0 Å². The van der Waals surface area contributed by atoms with E-state index in [2.05, 4.69) is 10.3 Å². The summed E-state index contributed by atoms with van der Waals surface area (Å²) >= 11 is 1.28. The quantitative estimate of drug-likeness (QED) is 0.752. The second-order valence-corrected chi connectivity index (χ2v) is 6.45. The number of aliphatic hydroxyl groups excluding tert-OH is 2. The number of hydrogen-bond donors (Lipinski definition) is 3. The summed E-state index contributed by atoms with van der Waals surface area (Å²) in [7, 11) is 0. The monoisotopic (exact) mass is 318 g/mol. The molecule has 116 valence electrons. The van der Waals surface area contributed by atoms with Crippen LogP contribution in [0.2, 0.25) is 0 Å². The number of thiazole rings is 1. The van der Waals surface area contributed by atoms with Gasteiger partial charge in [0.25, 0.3) is 5.91 Å². The SMILES string of the molecule is O=C(N[C@@H]1C=CCCC1)[C@H](O)[C@H](O)c1nc2ccccc2s1. The smallest absolute Gasteiger partial charge is 0.252 e. The molecule has 0 bridgehead atoms. The summed E-state index contributed by atoms with van der Waals surface area (Å²) in [5, 5.41) is 23.4. The fraction of sp³-hybridized carbons (Fsp3) is 0.375. The van der Waals surface area contributed by atoms with Crippen LogP contribution in [0.25, 0.3) is 10.2 Å². The molecule has 0 unspecified atom stereocenters. The number of carbonyl (C=O) groups is 1. The number of benzene rings is 1. The average molecular weight is 318 g/mol. The van der Waals surface area contributed by atoms with Crippen LogP contribution >= 0.6 is 11.3 Å². The first-order valence-corrected chi connectivity index (χ1v) is 8.15. The second-order valence-electron chi connectivity index (χ2n) is 5.38. The van der Waals surface area contributed by atoms with Gasteiger partial charge in [0.2, 0.25) is 0 Å². The van der Waals surface area contributed by atoms with Crippen LogP contribution in [0.5, 0.6) is 0 Å². The number of hydrogen-bond acceptors (Lipinski definition) is 5. The molecule has 3 N–H and O–H groups in total. The number of carbonyl (C=O) groups excluding carboxylic acids is 1. The van der Waals surface area contributed by atoms with Crippen molar-refractivity contribution >= 4 is 27.5 Å². The molecule has 1 aliphatic carbocycles. The maximum Gasteiger partial charge on any atom is 0.252 e. The summed E-state index contributed by atoms with van der Waals surface area (Å²) < 4.78 is 0.916. The van der Waals surface area contributed by atoms with E-state index in [1.54, 1.807) is 0 Å². The van der Waals surface area contributed by atoms with E-state index in [0.717, 1.165) is 29.5 Å². The largest absolute Gasteiger partial charge is 0.383 e. The maximum atomic E-state index is 12.1. The Labute approximate surface area is 132 Å². The third kappa shape index (κ3) is 3.19. The summed E-state index contributed by atoms with van der Waals surface area (Å²) in [5.41, 5.74) is 0.754. The molecular formula is C16H18N2O3S. The highest BCUT2D eigenvalue weighted by Gasteiger charge is 2.29. The Kier molecular flexibility index (Phi) is 4.52. The zero-order valence-corrected chi connectivity index (χ0v) is 12.8. The molecule has 0 fully saturated rings. The van der Waals surface area contributed by atoms with E-state index in [-0.39, 0.29) is 6.04 Å². The molecule has 0 saturated heterocycles. The lowest BCUT2D eigenvalue weighted by atomic mass is 10.0. The molecule has 0 radical (unpaired) electrons. The Hall–Kier alpha value is -1.76. The van der Waals surface area contributed by atoms with Gasteiger partial charge in [0.1, 0.15) is 11.1 Å². The number of nitrogens with one attached hydrogen (secondary N) is 1. The Balaban J connectivity index is 1.70. The predicted octanol–water partition coefficient (Wildman–Crippen LogP) is 1.92. The molecule has 22 heavy (non-hydrogen) atoms. The Morgan fingerprint density at radius 3 is 2.91 bits per heavy atom. The normalized spacial score (nSPS) is 20.7. The first-order valence-electron chi connectivity index (χ1n) is 7.34. The number of allylic oxidation sites excluding steroid dienone is 1. The number of fused-ring (bicyclic) bond motifs is 1. The minimum absolute atomic E-state index is 0.0709. The van der Waals surface area contributed by atoms with Crippen LogP contribution < -0.4 is 5.32 Å². The van der Waals surface area contributed by atoms with Crippen LogP contribution in [0, 0.1) is 0 Å². The lowest BCUT2D eigenvalue weighted by Crippen LogP contribution is -2.43. The molecule has 1 aromatic heterocycles. The van der Waals surface area contributed by atoms with Crippen molar-refractivity contribution in [3.63, 3.8) is 0 Å². The lowest BCUT2D eigenvalue weighted by Gasteiger charge is -2.21. The van der Waals surface area contributed by atoms with Crippen molar-refractivity contribution in [1.29, 1.82) is 0 Å². The lowest BCUT2D eigenvalue weighted by molar-refractivity contribution is -0.135. The zero-order chi connectivity index (χ0) is 15.5. The predicted molar refractivity (Wildman–Crippen MR) is 85.5 cm³/mol. The average Bonchev–Trinajstić information content (AvgIpc) is 2.98. The highest BCUT2D eigenvalue weighted by molar-refractivity contribution is 7.18. The molecule has 0 aliphatic heterocycles. The Morgan fingerprint density at radius 1 is 1.36 bits per heavy atom. The summed E-state index contributed by atoms with van der Waals surface area (Å²) in [4.78, 5) is 16.3. The first-order chi connectivity index (χ1) is 10.6. The molecular weight excluding hydrogens is 300 g/mol. The van der Waals surface area contributed by atoms with Crippen molar-refractivity contribution in [2.75, 3.05) is 0 Å². The van der Waals surface area contributed by atoms with Crippen molar-refractivity contribution in [1.82, 2.24) is 10.3 Å². The molecule has 1 aliphatic rings. The van der Waals surface area contributed by atoms with Crippen molar-refractivity contribution in [3.8, 4) is 0 Å². The molecule has 1 amide bonds. The number of nitrogens with zero attached hydrogens (tertiary/aromatic N) is 1. The summed E-state index contributed by atoms with van der Waals surface area (Å²) in [5.74, 6) is -0.566. The fourth-order valence-corrected chi connectivity index (χ4v) is 3.48. The van der Waals surface area contributed by atoms with Crippen LogP contribution in [0.4, 0.5) is 0 Å². The van der Waals surface area contributed by atoms with E-state index in [0.29, 0.717) is 5.01 Å². The highest BCUT2D eigenvalue weighted by Crippen LogP contribution is 2.28. The number of para-hydroxylation sites is 1. The van der Waals surface area contributed by atoms with Gasteiger partial charge in [0.05, 0.1) is 10.2 Å². The standard InChI is InChI=1S/C16H18N2O3S/c19-13(15(21)17-10-6-2-1-3-7-10)14(20)16-18-11-8-4-5-9-12(11)22-16/h2,4-6,8-10,13-14,19-20H,1,3,7H2,(H,17,21)/t10-,13-,14+/m1/s1. The fourth-order valence-electron chi connectivity index (χ4n) is 2.50. The van der Waals surface area contributed by atoms with Gasteiger partial charge in [-0.2, -0.15) is 0 Å². The topological polar surface area (TPSA) is 82.5 Å². The van der Waals surface area contributed by atoms with Crippen LogP contribution in [0.15, 0.2) is 36.4 Å². The van der Waals surface area contributed by atoms with Gasteiger partial charge in [0.15, 0.2) is 6.10 Å². The van der Waals surface area contributed by atoms with Gasteiger partial charge in [0, 0.05) is 6.04 Å². The van der Waals surface area contributed by atoms with Gasteiger partial charge in [-0.3, -0.25) is 4.79 Å². The van der Waals surface area contributed by atoms with Crippen LogP contribution in [-0.4, -0.2) is 33.3 Å². The zero-order valence-electron chi connectivity index (χ0n) is 12.0.